The molecule has 3 aromatic carbocycles. The molecule has 2 aliphatic heterocycles. The van der Waals surface area contributed by atoms with Gasteiger partial charge < -0.3 is 30.6 Å². The molecule has 4 heterocycles. The number of likely N-dealkylation sites (tertiary alicyclic amines) is 1. The van der Waals surface area contributed by atoms with Crippen molar-refractivity contribution in [2.45, 2.75) is 69.7 Å². The van der Waals surface area contributed by atoms with Gasteiger partial charge in [-0.3, -0.25) is 4.79 Å². The second kappa shape index (κ2) is 10.2. The van der Waals surface area contributed by atoms with Crippen molar-refractivity contribution in [2.24, 2.45) is 17.8 Å². The molecule has 10 heteroatoms. The van der Waals surface area contributed by atoms with E-state index in [2.05, 4.69) is 75.2 Å². The number of carbonyl (C=O) groups is 2. The quantitative estimate of drug-likeness (QED) is 0.149. The molecule has 7 atom stereocenters. The van der Waals surface area contributed by atoms with E-state index >= 15 is 0 Å². The van der Waals surface area contributed by atoms with Crippen LogP contribution in [0.2, 0.25) is 0 Å². The predicted octanol–water partition coefficient (Wildman–Crippen LogP) is 6.15. The number of aromatic nitrogens is 4. The molecule has 4 fully saturated rings. The lowest BCUT2D eigenvalue weighted by Gasteiger charge is -2.31. The summed E-state index contributed by atoms with van der Waals surface area (Å²) in [6.07, 6.45) is 5.02. The molecule has 9 rings (SSSR count). The van der Waals surface area contributed by atoms with E-state index in [-0.39, 0.29) is 23.9 Å². The highest BCUT2D eigenvalue weighted by Crippen LogP contribution is 2.53. The number of carbonyl (C=O) groups excluding carboxylic acids is 1. The third-order valence-corrected chi connectivity index (χ3v) is 10.7. The monoisotopic (exact) mass is 615 g/mol. The minimum atomic E-state index is -1.18. The zero-order valence-electron chi connectivity index (χ0n) is 25.8. The minimum absolute atomic E-state index is 0.155. The van der Waals surface area contributed by atoms with Crippen LogP contribution in [0.4, 0.5) is 4.79 Å². The standard InChI is InChI=1S/C36H37N7O3/c1-17(2)32(42-36(45)46)35(44)43-30-14-24(30)15-31(43)34-37-16-29(41-34)22-6-5-18-9-19(3-4-20(18)10-22)21-7-8-25-27(11-21)40-33(39-25)28-13-23-12-26(23)38-28/h3-11,16-17,23-24,26,28,30-32,38,42H,12-15H2,1-2H3,(H,37,41)(H,39,40)(H,45,46)/t23-,24+,26+,28-,30+,31-,32-/m0/s1. The molecule has 2 aliphatic carbocycles. The lowest BCUT2D eigenvalue weighted by atomic mass is 9.99. The van der Waals surface area contributed by atoms with Crippen LogP contribution >= 0.6 is 0 Å². The van der Waals surface area contributed by atoms with Crippen molar-refractivity contribution in [3.8, 4) is 22.4 Å². The number of hydrogen-bond donors (Lipinski definition) is 5. The van der Waals surface area contributed by atoms with Crippen LogP contribution in [0.25, 0.3) is 44.2 Å². The van der Waals surface area contributed by atoms with E-state index in [1.165, 1.54) is 12.8 Å². The van der Waals surface area contributed by atoms with Crippen LogP contribution in [0.3, 0.4) is 0 Å². The summed E-state index contributed by atoms with van der Waals surface area (Å²) in [7, 11) is 0. The Labute approximate surface area is 266 Å². The molecular weight excluding hydrogens is 578 g/mol. The summed E-state index contributed by atoms with van der Waals surface area (Å²) >= 11 is 0. The highest BCUT2D eigenvalue weighted by molar-refractivity contribution is 5.92. The van der Waals surface area contributed by atoms with Gasteiger partial charge in [0, 0.05) is 23.8 Å². The summed E-state index contributed by atoms with van der Waals surface area (Å²) in [6, 6.07) is 19.6. The first kappa shape index (κ1) is 27.6. The van der Waals surface area contributed by atoms with Gasteiger partial charge in [-0.25, -0.2) is 14.8 Å². The van der Waals surface area contributed by atoms with Gasteiger partial charge in [-0.15, -0.1) is 0 Å². The lowest BCUT2D eigenvalue weighted by molar-refractivity contribution is -0.136. The molecule has 5 aromatic rings. The molecule has 2 saturated heterocycles. The van der Waals surface area contributed by atoms with E-state index in [4.69, 9.17) is 9.97 Å². The van der Waals surface area contributed by atoms with Gasteiger partial charge in [-0.1, -0.05) is 44.2 Å². The van der Waals surface area contributed by atoms with Crippen LogP contribution in [-0.2, 0) is 4.79 Å². The van der Waals surface area contributed by atoms with Crippen LogP contribution in [-0.4, -0.2) is 60.1 Å². The number of nitrogens with zero attached hydrogens (tertiary/aromatic N) is 3. The summed E-state index contributed by atoms with van der Waals surface area (Å²) in [4.78, 5) is 43.6. The van der Waals surface area contributed by atoms with Crippen LogP contribution in [0.15, 0.2) is 60.8 Å². The van der Waals surface area contributed by atoms with Gasteiger partial charge in [-0.2, -0.15) is 0 Å². The summed E-state index contributed by atoms with van der Waals surface area (Å²) in [5.41, 5.74) is 6.21. The first-order chi connectivity index (χ1) is 22.3. The normalized spacial score (nSPS) is 26.8. The van der Waals surface area contributed by atoms with Crippen molar-refractivity contribution in [1.29, 1.82) is 0 Å². The maximum atomic E-state index is 13.6. The zero-order valence-corrected chi connectivity index (χ0v) is 25.8. The number of rotatable bonds is 7. The highest BCUT2D eigenvalue weighted by atomic mass is 16.4. The fourth-order valence-electron chi connectivity index (χ4n) is 7.97. The number of piperidine rings is 2. The third-order valence-electron chi connectivity index (χ3n) is 10.7. The number of benzene rings is 3. The summed E-state index contributed by atoms with van der Waals surface area (Å²) in [6.45, 7) is 3.73. The Balaban J connectivity index is 0.950. The van der Waals surface area contributed by atoms with Gasteiger partial charge >= 0.3 is 6.09 Å². The van der Waals surface area contributed by atoms with Crippen LogP contribution < -0.4 is 10.6 Å². The van der Waals surface area contributed by atoms with Gasteiger partial charge in [0.15, 0.2) is 0 Å². The Hall–Kier alpha value is -4.70. The SMILES string of the molecule is CC(C)[C@H](NC(=O)O)C(=O)N1[C@@H]2C[C@@H]2C[C@H]1c1nc(-c2ccc3cc(-c4ccc5nc([C@@H]6C[C@@H]7C[C@H]7N6)[nH]c5c4)ccc3c2)c[nH]1. The van der Waals surface area contributed by atoms with E-state index in [9.17, 15) is 14.7 Å². The Kier molecular flexibility index (Phi) is 6.09. The van der Waals surface area contributed by atoms with Crippen LogP contribution in [0.1, 0.15) is 63.3 Å². The number of fused-ring (bicyclic) bond motifs is 4. The van der Waals surface area contributed by atoms with E-state index in [1.54, 1.807) is 0 Å². The Morgan fingerprint density at radius 2 is 1.65 bits per heavy atom. The molecule has 2 saturated carbocycles. The Morgan fingerprint density at radius 3 is 2.41 bits per heavy atom. The number of hydrogen-bond acceptors (Lipinski definition) is 5. The molecule has 0 spiro atoms. The van der Waals surface area contributed by atoms with E-state index in [0.717, 1.165) is 74.6 Å². The Bertz CT molecular complexity index is 2020. The number of H-pyrrole nitrogens is 2. The molecule has 0 unspecified atom stereocenters. The first-order valence-electron chi connectivity index (χ1n) is 16.5. The van der Waals surface area contributed by atoms with Crippen molar-refractivity contribution in [2.75, 3.05) is 0 Å². The topological polar surface area (TPSA) is 139 Å². The number of aromatic amines is 2. The largest absolute Gasteiger partial charge is 0.465 e. The highest BCUT2D eigenvalue weighted by Gasteiger charge is 2.56. The van der Waals surface area contributed by atoms with Gasteiger partial charge in [0.1, 0.15) is 17.7 Å². The molecular formula is C36H37N7O3. The maximum absolute atomic E-state index is 13.6. The molecule has 0 radical (unpaired) electrons. The van der Waals surface area contributed by atoms with Crippen molar-refractivity contribution in [3.05, 3.63) is 72.4 Å². The molecule has 2 aromatic heterocycles. The molecule has 10 nitrogen and oxygen atoms in total. The van der Waals surface area contributed by atoms with E-state index < -0.39 is 12.1 Å². The molecule has 4 aliphatic rings. The number of nitrogens with one attached hydrogen (secondary N) is 4. The number of amides is 2. The molecule has 2 amide bonds. The fraction of sp³-hybridized carbons (Fsp3) is 0.389. The average Bonchev–Trinajstić information content (AvgIpc) is 3.64. The fourth-order valence-corrected chi connectivity index (χ4v) is 7.97. The van der Waals surface area contributed by atoms with Crippen molar-refractivity contribution >= 4 is 33.8 Å². The molecule has 46 heavy (non-hydrogen) atoms. The number of carboxylic acid groups (broad SMARTS) is 1. The van der Waals surface area contributed by atoms with Gasteiger partial charge in [0.05, 0.1) is 28.8 Å². The zero-order chi connectivity index (χ0) is 31.3. The smallest absolute Gasteiger partial charge is 0.405 e. The summed E-state index contributed by atoms with van der Waals surface area (Å²) in [5.74, 6) is 2.75. The minimum Gasteiger partial charge on any atom is -0.465 e. The first-order valence-corrected chi connectivity index (χ1v) is 16.5. The second-order valence-corrected chi connectivity index (χ2v) is 14.1. The van der Waals surface area contributed by atoms with Gasteiger partial charge in [0.25, 0.3) is 0 Å². The Morgan fingerprint density at radius 1 is 0.891 bits per heavy atom. The van der Waals surface area contributed by atoms with Gasteiger partial charge in [0.2, 0.25) is 5.91 Å². The number of imidazole rings is 2. The molecule has 234 valence electrons. The van der Waals surface area contributed by atoms with Crippen molar-refractivity contribution in [1.82, 2.24) is 35.5 Å². The van der Waals surface area contributed by atoms with Crippen LogP contribution in [0, 0.1) is 17.8 Å². The summed E-state index contributed by atoms with van der Waals surface area (Å²) in [5, 5.41) is 17.7. The summed E-state index contributed by atoms with van der Waals surface area (Å²) < 4.78 is 0. The van der Waals surface area contributed by atoms with Gasteiger partial charge in [-0.05, 0) is 89.6 Å². The third kappa shape index (κ3) is 4.65. The predicted molar refractivity (Wildman–Crippen MR) is 175 cm³/mol. The van der Waals surface area contributed by atoms with Crippen molar-refractivity contribution in [3.63, 3.8) is 0 Å². The lowest BCUT2D eigenvalue weighted by Crippen LogP contribution is -2.51. The maximum Gasteiger partial charge on any atom is 0.405 e. The molecule has 0 bridgehead atoms. The van der Waals surface area contributed by atoms with Crippen LogP contribution in [0.5, 0.6) is 0 Å². The molecule has 5 N–H and O–H groups in total. The van der Waals surface area contributed by atoms with E-state index in [1.807, 2.05) is 24.9 Å². The van der Waals surface area contributed by atoms with E-state index in [0.29, 0.717) is 18.0 Å². The second-order valence-electron chi connectivity index (χ2n) is 14.1. The van der Waals surface area contributed by atoms with Crippen molar-refractivity contribution < 1.29 is 14.7 Å². The average molecular weight is 616 g/mol.